The molecule has 5 nitrogen and oxygen atoms in total. The van der Waals surface area contributed by atoms with Gasteiger partial charge in [-0.1, -0.05) is 13.3 Å². The number of alkyl halides is 3. The highest BCUT2D eigenvalue weighted by Gasteiger charge is 2.34. The number of likely N-dealkylation sites (tertiary alicyclic amines) is 2. The van der Waals surface area contributed by atoms with Crippen molar-refractivity contribution >= 4 is 29.9 Å². The molecule has 0 aromatic carbocycles. The van der Waals surface area contributed by atoms with Crippen molar-refractivity contribution in [1.82, 2.24) is 20.4 Å². The SMILES string of the molecule is CCNC(=NCCN1CCCCC1CC)NC1CCN(CC(F)(F)F)C1.I. The molecule has 2 N–H and O–H groups in total. The summed E-state index contributed by atoms with van der Waals surface area (Å²) in [5, 5.41) is 6.52. The van der Waals surface area contributed by atoms with Crippen molar-refractivity contribution in [3.8, 4) is 0 Å². The van der Waals surface area contributed by atoms with Crippen LogP contribution in [0, 0.1) is 0 Å². The van der Waals surface area contributed by atoms with E-state index < -0.39 is 12.7 Å². The fraction of sp³-hybridized carbons (Fsp3) is 0.944. The maximum Gasteiger partial charge on any atom is 0.401 e. The van der Waals surface area contributed by atoms with E-state index in [1.807, 2.05) is 6.92 Å². The predicted molar refractivity (Wildman–Crippen MR) is 115 cm³/mol. The third-order valence-corrected chi connectivity index (χ3v) is 5.24. The predicted octanol–water partition coefficient (Wildman–Crippen LogP) is 3.06. The molecular weight excluding hydrogens is 470 g/mol. The van der Waals surface area contributed by atoms with E-state index in [1.54, 1.807) is 0 Å². The Bertz CT molecular complexity index is 447. The lowest BCUT2D eigenvalue weighted by molar-refractivity contribution is -0.143. The van der Waals surface area contributed by atoms with Gasteiger partial charge in [-0.05, 0) is 39.2 Å². The van der Waals surface area contributed by atoms with Gasteiger partial charge in [-0.2, -0.15) is 13.2 Å². The Morgan fingerprint density at radius 1 is 1.15 bits per heavy atom. The molecule has 2 saturated heterocycles. The normalized spacial score (nSPS) is 25.3. The second-order valence-corrected chi connectivity index (χ2v) is 7.33. The first-order valence-corrected chi connectivity index (χ1v) is 9.99. The molecule has 0 aliphatic carbocycles. The Kier molecular flexibility index (Phi) is 11.3. The van der Waals surface area contributed by atoms with Gasteiger partial charge in [0, 0.05) is 38.3 Å². The van der Waals surface area contributed by atoms with Gasteiger partial charge >= 0.3 is 6.18 Å². The van der Waals surface area contributed by atoms with Crippen LogP contribution in [0.5, 0.6) is 0 Å². The first-order valence-electron chi connectivity index (χ1n) is 9.99. The van der Waals surface area contributed by atoms with E-state index in [-0.39, 0.29) is 30.0 Å². The average Bonchev–Trinajstić information content (AvgIpc) is 3.00. The number of nitrogens with zero attached hydrogens (tertiary/aromatic N) is 3. The van der Waals surface area contributed by atoms with E-state index in [0.717, 1.165) is 25.6 Å². The molecule has 9 heteroatoms. The highest BCUT2D eigenvalue weighted by molar-refractivity contribution is 14.0. The molecule has 0 radical (unpaired) electrons. The molecule has 0 spiro atoms. The summed E-state index contributed by atoms with van der Waals surface area (Å²) in [5.74, 6) is 0.719. The summed E-state index contributed by atoms with van der Waals surface area (Å²) in [6.45, 7) is 7.84. The summed E-state index contributed by atoms with van der Waals surface area (Å²) in [5.41, 5.74) is 0. The average molecular weight is 505 g/mol. The summed E-state index contributed by atoms with van der Waals surface area (Å²) in [4.78, 5) is 8.64. The molecule has 2 unspecified atom stereocenters. The van der Waals surface area contributed by atoms with Crippen LogP contribution in [0.15, 0.2) is 4.99 Å². The van der Waals surface area contributed by atoms with Gasteiger partial charge in [-0.3, -0.25) is 14.8 Å². The third kappa shape index (κ3) is 9.17. The minimum atomic E-state index is -4.13. The van der Waals surface area contributed by atoms with E-state index in [0.29, 0.717) is 32.1 Å². The molecule has 0 amide bonds. The fourth-order valence-electron chi connectivity index (χ4n) is 3.97. The van der Waals surface area contributed by atoms with Crippen molar-refractivity contribution in [2.75, 3.05) is 45.8 Å². The van der Waals surface area contributed by atoms with Gasteiger partial charge in [0.1, 0.15) is 0 Å². The second-order valence-electron chi connectivity index (χ2n) is 7.33. The standard InChI is InChI=1S/C18H34F3N5.HI/c1-3-16-7-5-6-10-26(16)12-9-23-17(22-4-2)24-15-8-11-25(13-15)14-18(19,20)21;/h15-16H,3-14H2,1-2H3,(H2,22,23,24);1H. The van der Waals surface area contributed by atoms with Crippen LogP contribution < -0.4 is 10.6 Å². The maximum atomic E-state index is 12.5. The lowest BCUT2D eigenvalue weighted by atomic mass is 10.0. The Morgan fingerprint density at radius 3 is 2.59 bits per heavy atom. The van der Waals surface area contributed by atoms with Crippen LogP contribution in [0.25, 0.3) is 0 Å². The van der Waals surface area contributed by atoms with Gasteiger partial charge in [-0.15, -0.1) is 24.0 Å². The van der Waals surface area contributed by atoms with Crippen LogP contribution in [-0.2, 0) is 0 Å². The Balaban J connectivity index is 0.00000364. The number of halogens is 4. The minimum Gasteiger partial charge on any atom is -0.357 e. The first kappa shape index (κ1) is 24.7. The summed E-state index contributed by atoms with van der Waals surface area (Å²) < 4.78 is 37.6. The van der Waals surface area contributed by atoms with Gasteiger partial charge in [0.2, 0.25) is 0 Å². The second kappa shape index (κ2) is 12.3. The van der Waals surface area contributed by atoms with E-state index in [1.165, 1.54) is 30.6 Å². The smallest absolute Gasteiger partial charge is 0.357 e. The largest absolute Gasteiger partial charge is 0.401 e. The fourth-order valence-corrected chi connectivity index (χ4v) is 3.97. The van der Waals surface area contributed by atoms with Gasteiger partial charge in [0.15, 0.2) is 5.96 Å². The number of guanidine groups is 1. The van der Waals surface area contributed by atoms with E-state index >= 15 is 0 Å². The number of hydrogen-bond donors (Lipinski definition) is 2. The molecule has 2 heterocycles. The molecule has 0 bridgehead atoms. The van der Waals surface area contributed by atoms with E-state index in [4.69, 9.17) is 0 Å². The highest BCUT2D eigenvalue weighted by atomic mass is 127. The van der Waals surface area contributed by atoms with E-state index in [9.17, 15) is 13.2 Å². The number of piperidine rings is 1. The molecule has 2 aliphatic rings. The quantitative estimate of drug-likeness (QED) is 0.317. The van der Waals surface area contributed by atoms with Crippen LogP contribution in [0.4, 0.5) is 13.2 Å². The summed E-state index contributed by atoms with van der Waals surface area (Å²) >= 11 is 0. The first-order chi connectivity index (χ1) is 12.4. The van der Waals surface area contributed by atoms with Gasteiger partial charge in [-0.25, -0.2) is 0 Å². The zero-order valence-electron chi connectivity index (χ0n) is 16.5. The van der Waals surface area contributed by atoms with Gasteiger partial charge < -0.3 is 10.6 Å². The van der Waals surface area contributed by atoms with Crippen molar-refractivity contribution in [2.24, 2.45) is 4.99 Å². The lowest BCUT2D eigenvalue weighted by Gasteiger charge is -2.34. The maximum absolute atomic E-state index is 12.5. The topological polar surface area (TPSA) is 42.9 Å². The third-order valence-electron chi connectivity index (χ3n) is 5.24. The van der Waals surface area contributed by atoms with E-state index in [2.05, 4.69) is 27.4 Å². The van der Waals surface area contributed by atoms with Crippen LogP contribution in [0.3, 0.4) is 0 Å². The molecule has 27 heavy (non-hydrogen) atoms. The minimum absolute atomic E-state index is 0. The molecule has 0 aromatic heterocycles. The molecule has 2 rings (SSSR count). The molecule has 2 atom stereocenters. The van der Waals surface area contributed by atoms with Crippen molar-refractivity contribution in [3.05, 3.63) is 0 Å². The van der Waals surface area contributed by atoms with Gasteiger partial charge in [0.05, 0.1) is 13.1 Å². The highest BCUT2D eigenvalue weighted by Crippen LogP contribution is 2.20. The number of rotatable bonds is 7. The van der Waals surface area contributed by atoms with Crippen molar-refractivity contribution in [1.29, 1.82) is 0 Å². The Morgan fingerprint density at radius 2 is 1.93 bits per heavy atom. The molecule has 160 valence electrons. The number of hydrogen-bond acceptors (Lipinski definition) is 3. The Labute approximate surface area is 178 Å². The number of nitrogens with one attached hydrogen (secondary N) is 2. The molecule has 2 fully saturated rings. The van der Waals surface area contributed by atoms with Crippen LogP contribution in [0.1, 0.15) is 46.0 Å². The molecular formula is C18H35F3IN5. The van der Waals surface area contributed by atoms with Gasteiger partial charge in [0.25, 0.3) is 0 Å². The van der Waals surface area contributed by atoms with Crippen molar-refractivity contribution in [3.63, 3.8) is 0 Å². The van der Waals surface area contributed by atoms with Crippen LogP contribution in [-0.4, -0.2) is 79.8 Å². The number of aliphatic imine (C=N–C) groups is 1. The molecule has 0 saturated carbocycles. The summed E-state index contributed by atoms with van der Waals surface area (Å²) in [6.07, 6.45) is 1.62. The Hall–Kier alpha value is -0.290. The molecule has 0 aromatic rings. The van der Waals surface area contributed by atoms with Crippen LogP contribution in [0.2, 0.25) is 0 Å². The van der Waals surface area contributed by atoms with Crippen LogP contribution >= 0.6 is 24.0 Å². The monoisotopic (exact) mass is 505 g/mol. The summed E-state index contributed by atoms with van der Waals surface area (Å²) in [6, 6.07) is 0.689. The lowest BCUT2D eigenvalue weighted by Crippen LogP contribution is -2.46. The van der Waals surface area contributed by atoms with Crippen molar-refractivity contribution < 1.29 is 13.2 Å². The van der Waals surface area contributed by atoms with Crippen molar-refractivity contribution in [2.45, 2.75) is 64.2 Å². The summed E-state index contributed by atoms with van der Waals surface area (Å²) in [7, 11) is 0. The zero-order chi connectivity index (χ0) is 19.0. The molecule has 2 aliphatic heterocycles. The zero-order valence-corrected chi connectivity index (χ0v) is 18.9.